The molecule has 1 saturated heterocycles. The molecular formula is C16H20N2O2. The Balaban J connectivity index is 1.88. The van der Waals surface area contributed by atoms with E-state index in [0.29, 0.717) is 38.2 Å². The van der Waals surface area contributed by atoms with Crippen molar-refractivity contribution in [3.8, 4) is 0 Å². The molecule has 2 rings (SSSR count). The molecule has 1 fully saturated rings. The van der Waals surface area contributed by atoms with Crippen molar-refractivity contribution in [2.24, 2.45) is 0 Å². The highest BCUT2D eigenvalue weighted by molar-refractivity contribution is 5.94. The molecule has 4 nitrogen and oxygen atoms in total. The molecule has 1 aliphatic heterocycles. The van der Waals surface area contributed by atoms with Crippen LogP contribution >= 0.6 is 0 Å². The topological polar surface area (TPSA) is 40.6 Å². The highest BCUT2D eigenvalue weighted by Gasteiger charge is 2.23. The van der Waals surface area contributed by atoms with Gasteiger partial charge in [-0.1, -0.05) is 30.4 Å². The van der Waals surface area contributed by atoms with Crippen LogP contribution in [0.15, 0.2) is 42.5 Å². The predicted octanol–water partition coefficient (Wildman–Crippen LogP) is 1.94. The molecule has 0 aromatic heterocycles. The van der Waals surface area contributed by atoms with Crippen molar-refractivity contribution in [2.75, 3.05) is 26.2 Å². The molecule has 1 heterocycles. The van der Waals surface area contributed by atoms with Gasteiger partial charge in [-0.2, -0.15) is 0 Å². The molecule has 2 amide bonds. The van der Waals surface area contributed by atoms with Crippen LogP contribution < -0.4 is 0 Å². The lowest BCUT2D eigenvalue weighted by Gasteiger charge is -2.34. The van der Waals surface area contributed by atoms with Crippen molar-refractivity contribution < 1.29 is 9.59 Å². The number of carbonyl (C=O) groups is 2. The maximum absolute atomic E-state index is 12.3. The highest BCUT2D eigenvalue weighted by atomic mass is 16.2. The van der Waals surface area contributed by atoms with E-state index in [2.05, 4.69) is 0 Å². The third kappa shape index (κ3) is 3.47. The quantitative estimate of drug-likeness (QED) is 0.789. The van der Waals surface area contributed by atoms with Gasteiger partial charge in [-0.25, -0.2) is 0 Å². The first kappa shape index (κ1) is 14.3. The Morgan fingerprint density at radius 1 is 1.05 bits per heavy atom. The van der Waals surface area contributed by atoms with Crippen LogP contribution in [0, 0.1) is 0 Å². The largest absolute Gasteiger partial charge is 0.339 e. The van der Waals surface area contributed by atoms with Crippen LogP contribution in [-0.4, -0.2) is 47.8 Å². The maximum Gasteiger partial charge on any atom is 0.253 e. The van der Waals surface area contributed by atoms with Crippen LogP contribution in [-0.2, 0) is 4.79 Å². The monoisotopic (exact) mass is 272 g/mol. The summed E-state index contributed by atoms with van der Waals surface area (Å²) in [5.74, 6) is 0.182. The summed E-state index contributed by atoms with van der Waals surface area (Å²) in [5.41, 5.74) is 0.709. The van der Waals surface area contributed by atoms with E-state index in [1.165, 1.54) is 0 Å². The molecule has 1 aromatic rings. The van der Waals surface area contributed by atoms with Gasteiger partial charge in [0.1, 0.15) is 0 Å². The SMILES string of the molecule is CC=CCC(=O)N1CCN(C(=O)c2ccccc2)CC1. The van der Waals surface area contributed by atoms with E-state index in [9.17, 15) is 9.59 Å². The second kappa shape index (κ2) is 6.89. The first-order valence-corrected chi connectivity index (χ1v) is 6.95. The number of benzene rings is 1. The zero-order valence-corrected chi connectivity index (χ0v) is 11.8. The summed E-state index contributed by atoms with van der Waals surface area (Å²) in [5, 5.41) is 0. The molecule has 0 saturated carbocycles. The molecule has 0 spiro atoms. The van der Waals surface area contributed by atoms with E-state index >= 15 is 0 Å². The van der Waals surface area contributed by atoms with Crippen molar-refractivity contribution in [2.45, 2.75) is 13.3 Å². The van der Waals surface area contributed by atoms with Crippen LogP contribution in [0.3, 0.4) is 0 Å². The molecule has 106 valence electrons. The fraction of sp³-hybridized carbons (Fsp3) is 0.375. The summed E-state index contributed by atoms with van der Waals surface area (Å²) in [6.45, 7) is 4.36. The lowest BCUT2D eigenvalue weighted by Crippen LogP contribution is -2.50. The average Bonchev–Trinajstić information content (AvgIpc) is 2.53. The van der Waals surface area contributed by atoms with Gasteiger partial charge in [0.05, 0.1) is 0 Å². The Morgan fingerprint density at radius 2 is 1.65 bits per heavy atom. The maximum atomic E-state index is 12.3. The van der Waals surface area contributed by atoms with Crippen molar-refractivity contribution >= 4 is 11.8 Å². The van der Waals surface area contributed by atoms with Crippen LogP contribution in [0.5, 0.6) is 0 Å². The molecule has 20 heavy (non-hydrogen) atoms. The van der Waals surface area contributed by atoms with Crippen LogP contribution in [0.4, 0.5) is 0 Å². The predicted molar refractivity (Wildman–Crippen MR) is 78.4 cm³/mol. The van der Waals surface area contributed by atoms with Gasteiger partial charge < -0.3 is 9.80 Å². The summed E-state index contributed by atoms with van der Waals surface area (Å²) in [6.07, 6.45) is 4.19. The molecular weight excluding hydrogens is 252 g/mol. The number of hydrogen-bond donors (Lipinski definition) is 0. The van der Waals surface area contributed by atoms with Gasteiger partial charge in [0.2, 0.25) is 5.91 Å². The fourth-order valence-electron chi connectivity index (χ4n) is 2.27. The summed E-state index contributed by atoms with van der Waals surface area (Å²) in [7, 11) is 0. The lowest BCUT2D eigenvalue weighted by molar-refractivity contribution is -0.131. The van der Waals surface area contributed by atoms with Gasteiger partial charge in [-0.3, -0.25) is 9.59 Å². The number of nitrogens with zero attached hydrogens (tertiary/aromatic N) is 2. The Labute approximate surface area is 119 Å². The summed E-state index contributed by atoms with van der Waals surface area (Å²) in [4.78, 5) is 27.8. The zero-order chi connectivity index (χ0) is 14.4. The Hall–Kier alpha value is -2.10. The third-order valence-electron chi connectivity index (χ3n) is 3.47. The Bertz CT molecular complexity index is 488. The van der Waals surface area contributed by atoms with Crippen LogP contribution in [0.25, 0.3) is 0 Å². The van der Waals surface area contributed by atoms with Crippen molar-refractivity contribution in [3.05, 3.63) is 48.0 Å². The van der Waals surface area contributed by atoms with Gasteiger partial charge in [-0.15, -0.1) is 0 Å². The third-order valence-corrected chi connectivity index (χ3v) is 3.47. The fourth-order valence-corrected chi connectivity index (χ4v) is 2.27. The molecule has 0 N–H and O–H groups in total. The molecule has 0 aliphatic carbocycles. The first-order chi connectivity index (χ1) is 9.72. The van der Waals surface area contributed by atoms with Gasteiger partial charge in [0, 0.05) is 38.2 Å². The standard InChI is InChI=1S/C16H20N2O2/c1-2-3-9-15(19)17-10-12-18(13-11-17)16(20)14-7-5-4-6-8-14/h2-8H,9-13H2,1H3. The lowest BCUT2D eigenvalue weighted by atomic mass is 10.2. The number of allylic oxidation sites excluding steroid dienone is 1. The van der Waals surface area contributed by atoms with Gasteiger partial charge in [0.15, 0.2) is 0 Å². The van der Waals surface area contributed by atoms with Crippen molar-refractivity contribution in [3.63, 3.8) is 0 Å². The normalized spacial score (nSPS) is 15.7. The molecule has 0 bridgehead atoms. The number of carbonyl (C=O) groups excluding carboxylic acids is 2. The number of amides is 2. The Kier molecular flexibility index (Phi) is 4.93. The molecule has 1 aliphatic rings. The molecule has 4 heteroatoms. The van der Waals surface area contributed by atoms with E-state index in [0.717, 1.165) is 0 Å². The van der Waals surface area contributed by atoms with Crippen molar-refractivity contribution in [1.29, 1.82) is 0 Å². The molecule has 0 atom stereocenters. The average molecular weight is 272 g/mol. The van der Waals surface area contributed by atoms with Crippen LogP contribution in [0.2, 0.25) is 0 Å². The van der Waals surface area contributed by atoms with E-state index in [-0.39, 0.29) is 11.8 Å². The number of hydrogen-bond acceptors (Lipinski definition) is 2. The van der Waals surface area contributed by atoms with E-state index < -0.39 is 0 Å². The minimum atomic E-state index is 0.0474. The minimum Gasteiger partial charge on any atom is -0.339 e. The molecule has 0 unspecified atom stereocenters. The first-order valence-electron chi connectivity index (χ1n) is 6.95. The van der Waals surface area contributed by atoms with Gasteiger partial charge >= 0.3 is 0 Å². The van der Waals surface area contributed by atoms with Gasteiger partial charge in [-0.05, 0) is 19.1 Å². The number of rotatable bonds is 3. The van der Waals surface area contributed by atoms with Gasteiger partial charge in [0.25, 0.3) is 5.91 Å². The van der Waals surface area contributed by atoms with Crippen molar-refractivity contribution in [1.82, 2.24) is 9.80 Å². The summed E-state index contributed by atoms with van der Waals surface area (Å²) < 4.78 is 0. The molecule has 0 radical (unpaired) electrons. The smallest absolute Gasteiger partial charge is 0.253 e. The second-order valence-corrected chi connectivity index (χ2v) is 4.81. The Morgan fingerprint density at radius 3 is 2.25 bits per heavy atom. The highest BCUT2D eigenvalue weighted by Crippen LogP contribution is 2.09. The second-order valence-electron chi connectivity index (χ2n) is 4.81. The summed E-state index contributed by atoms with van der Waals surface area (Å²) in [6, 6.07) is 9.28. The molecule has 1 aromatic carbocycles. The van der Waals surface area contributed by atoms with Crippen LogP contribution in [0.1, 0.15) is 23.7 Å². The van der Waals surface area contributed by atoms with E-state index in [1.54, 1.807) is 0 Å². The minimum absolute atomic E-state index is 0.0474. The number of piperazine rings is 1. The van der Waals surface area contributed by atoms with E-state index in [4.69, 9.17) is 0 Å². The summed E-state index contributed by atoms with van der Waals surface area (Å²) >= 11 is 0. The van der Waals surface area contributed by atoms with E-state index in [1.807, 2.05) is 59.2 Å². The zero-order valence-electron chi connectivity index (χ0n) is 11.8.